The molecule has 16 heavy (non-hydrogen) atoms. The smallest absolute Gasteiger partial charge is 0.123 e. The summed E-state index contributed by atoms with van der Waals surface area (Å²) >= 11 is 0. The molecule has 0 amide bonds. The molecule has 1 saturated heterocycles. The van der Waals surface area contributed by atoms with Crippen molar-refractivity contribution in [3.63, 3.8) is 0 Å². The summed E-state index contributed by atoms with van der Waals surface area (Å²) in [6, 6.07) is 6.69. The number of anilines is 1. The molecule has 2 rings (SSSR count). The van der Waals surface area contributed by atoms with Crippen LogP contribution in [-0.2, 0) is 0 Å². The Morgan fingerprint density at radius 2 is 1.62 bits per heavy atom. The van der Waals surface area contributed by atoms with Crippen LogP contribution in [0.2, 0.25) is 0 Å². The van der Waals surface area contributed by atoms with Gasteiger partial charge < -0.3 is 10.2 Å². The van der Waals surface area contributed by atoms with Crippen molar-refractivity contribution >= 4 is 5.69 Å². The second-order valence-corrected chi connectivity index (χ2v) is 3.92. The van der Waals surface area contributed by atoms with Crippen molar-refractivity contribution in [3.05, 3.63) is 30.1 Å². The van der Waals surface area contributed by atoms with E-state index in [0.717, 1.165) is 31.9 Å². The average molecular weight is 224 g/mol. The summed E-state index contributed by atoms with van der Waals surface area (Å²) < 4.78 is 12.6. The molecule has 0 saturated carbocycles. The summed E-state index contributed by atoms with van der Waals surface area (Å²) in [7, 11) is 0. The SMILES string of the molecule is CCC.Fc1ccc(N2CCNCC2)cc1. The molecule has 1 aromatic carbocycles. The highest BCUT2D eigenvalue weighted by Gasteiger charge is 2.09. The standard InChI is InChI=1S/C10H13FN2.C3H8/c11-9-1-3-10(4-2-9)13-7-5-12-6-8-13;1-3-2/h1-4,12H,5-8H2;3H2,1-2H3. The van der Waals surface area contributed by atoms with E-state index in [1.165, 1.54) is 18.6 Å². The summed E-state index contributed by atoms with van der Waals surface area (Å²) in [5, 5.41) is 3.28. The van der Waals surface area contributed by atoms with Crippen molar-refractivity contribution in [3.8, 4) is 0 Å². The lowest BCUT2D eigenvalue weighted by Crippen LogP contribution is -2.43. The Balaban J connectivity index is 0.000000386. The second-order valence-electron chi connectivity index (χ2n) is 3.92. The minimum atomic E-state index is -0.168. The quantitative estimate of drug-likeness (QED) is 0.789. The van der Waals surface area contributed by atoms with Crippen LogP contribution in [0.25, 0.3) is 0 Å². The highest BCUT2D eigenvalue weighted by molar-refractivity contribution is 5.46. The molecular weight excluding hydrogens is 203 g/mol. The van der Waals surface area contributed by atoms with E-state index in [4.69, 9.17) is 0 Å². The molecular formula is C13H21FN2. The highest BCUT2D eigenvalue weighted by atomic mass is 19.1. The molecule has 0 radical (unpaired) electrons. The molecule has 1 fully saturated rings. The van der Waals surface area contributed by atoms with Crippen LogP contribution in [0.5, 0.6) is 0 Å². The molecule has 0 aromatic heterocycles. The molecule has 0 bridgehead atoms. The summed E-state index contributed by atoms with van der Waals surface area (Å²) in [6.07, 6.45) is 1.25. The van der Waals surface area contributed by atoms with Gasteiger partial charge in [0, 0.05) is 31.9 Å². The van der Waals surface area contributed by atoms with E-state index in [0.29, 0.717) is 0 Å². The van der Waals surface area contributed by atoms with Crippen molar-refractivity contribution in [2.24, 2.45) is 0 Å². The predicted molar refractivity (Wildman–Crippen MR) is 67.4 cm³/mol. The molecule has 0 aliphatic carbocycles. The van der Waals surface area contributed by atoms with E-state index in [1.807, 2.05) is 12.1 Å². The summed E-state index contributed by atoms with van der Waals surface area (Å²) in [6.45, 7) is 8.28. The third kappa shape index (κ3) is 4.19. The van der Waals surface area contributed by atoms with Crippen molar-refractivity contribution in [2.45, 2.75) is 20.3 Å². The van der Waals surface area contributed by atoms with Crippen LogP contribution in [-0.4, -0.2) is 26.2 Å². The van der Waals surface area contributed by atoms with Gasteiger partial charge in [-0.1, -0.05) is 20.3 Å². The molecule has 1 aliphatic rings. The Kier molecular flexibility index (Phi) is 5.86. The van der Waals surface area contributed by atoms with E-state index >= 15 is 0 Å². The number of hydrogen-bond donors (Lipinski definition) is 1. The van der Waals surface area contributed by atoms with Crippen LogP contribution < -0.4 is 10.2 Å². The zero-order valence-corrected chi connectivity index (χ0v) is 10.2. The lowest BCUT2D eigenvalue weighted by atomic mass is 10.2. The van der Waals surface area contributed by atoms with Crippen LogP contribution in [0.1, 0.15) is 20.3 Å². The Labute approximate surface area is 97.5 Å². The molecule has 1 N–H and O–H groups in total. The van der Waals surface area contributed by atoms with Gasteiger partial charge in [-0.05, 0) is 24.3 Å². The average Bonchev–Trinajstić information content (AvgIpc) is 2.32. The molecule has 90 valence electrons. The first-order valence-electron chi connectivity index (χ1n) is 5.99. The maximum absolute atomic E-state index is 12.6. The van der Waals surface area contributed by atoms with E-state index in [-0.39, 0.29) is 5.82 Å². The lowest BCUT2D eigenvalue weighted by molar-refractivity contribution is 0.587. The fraction of sp³-hybridized carbons (Fsp3) is 0.538. The molecule has 2 nitrogen and oxygen atoms in total. The van der Waals surface area contributed by atoms with Crippen LogP contribution in [0.4, 0.5) is 10.1 Å². The molecule has 0 spiro atoms. The van der Waals surface area contributed by atoms with E-state index in [1.54, 1.807) is 0 Å². The lowest BCUT2D eigenvalue weighted by Gasteiger charge is -2.29. The van der Waals surface area contributed by atoms with Gasteiger partial charge in [-0.2, -0.15) is 0 Å². The second kappa shape index (κ2) is 7.23. The van der Waals surface area contributed by atoms with E-state index in [9.17, 15) is 4.39 Å². The van der Waals surface area contributed by atoms with Crippen LogP contribution in [0.3, 0.4) is 0 Å². The van der Waals surface area contributed by atoms with Gasteiger partial charge in [-0.25, -0.2) is 4.39 Å². The van der Waals surface area contributed by atoms with E-state index in [2.05, 4.69) is 24.1 Å². The Bertz CT molecular complexity index is 278. The van der Waals surface area contributed by atoms with Crippen LogP contribution in [0, 0.1) is 5.82 Å². The maximum atomic E-state index is 12.6. The van der Waals surface area contributed by atoms with Gasteiger partial charge in [0.1, 0.15) is 5.82 Å². The molecule has 1 heterocycles. The zero-order valence-electron chi connectivity index (χ0n) is 10.2. The minimum Gasteiger partial charge on any atom is -0.369 e. The first-order valence-corrected chi connectivity index (χ1v) is 5.99. The largest absolute Gasteiger partial charge is 0.369 e. The molecule has 0 atom stereocenters. The maximum Gasteiger partial charge on any atom is 0.123 e. The number of nitrogens with zero attached hydrogens (tertiary/aromatic N) is 1. The van der Waals surface area contributed by atoms with Crippen molar-refractivity contribution in [1.82, 2.24) is 5.32 Å². The number of hydrogen-bond acceptors (Lipinski definition) is 2. The molecule has 1 aliphatic heterocycles. The Morgan fingerprint density at radius 3 is 2.12 bits per heavy atom. The van der Waals surface area contributed by atoms with Gasteiger partial charge in [0.2, 0.25) is 0 Å². The van der Waals surface area contributed by atoms with Gasteiger partial charge in [-0.15, -0.1) is 0 Å². The topological polar surface area (TPSA) is 15.3 Å². The van der Waals surface area contributed by atoms with Gasteiger partial charge >= 0.3 is 0 Å². The first kappa shape index (κ1) is 13.0. The molecule has 1 aromatic rings. The van der Waals surface area contributed by atoms with E-state index < -0.39 is 0 Å². The Hall–Kier alpha value is -1.09. The molecule has 0 unspecified atom stereocenters. The normalized spacial score (nSPS) is 15.3. The number of benzene rings is 1. The fourth-order valence-electron chi connectivity index (χ4n) is 1.57. The van der Waals surface area contributed by atoms with Crippen molar-refractivity contribution in [1.29, 1.82) is 0 Å². The number of nitrogens with one attached hydrogen (secondary N) is 1. The predicted octanol–water partition coefficient (Wildman–Crippen LogP) is 2.65. The number of halogens is 1. The fourth-order valence-corrected chi connectivity index (χ4v) is 1.57. The monoisotopic (exact) mass is 224 g/mol. The van der Waals surface area contributed by atoms with Crippen LogP contribution in [0.15, 0.2) is 24.3 Å². The molecule has 3 heteroatoms. The van der Waals surface area contributed by atoms with Gasteiger partial charge in [0.15, 0.2) is 0 Å². The number of piperazine rings is 1. The highest BCUT2D eigenvalue weighted by Crippen LogP contribution is 2.14. The van der Waals surface area contributed by atoms with Crippen molar-refractivity contribution < 1.29 is 4.39 Å². The van der Waals surface area contributed by atoms with Gasteiger partial charge in [-0.3, -0.25) is 0 Å². The van der Waals surface area contributed by atoms with Gasteiger partial charge in [0.25, 0.3) is 0 Å². The first-order chi connectivity index (χ1) is 7.77. The minimum absolute atomic E-state index is 0.168. The summed E-state index contributed by atoms with van der Waals surface area (Å²) in [4.78, 5) is 2.26. The number of rotatable bonds is 1. The third-order valence-electron chi connectivity index (χ3n) is 2.31. The van der Waals surface area contributed by atoms with Crippen molar-refractivity contribution in [2.75, 3.05) is 31.1 Å². The third-order valence-corrected chi connectivity index (χ3v) is 2.31. The zero-order chi connectivity index (χ0) is 11.8. The summed E-state index contributed by atoms with van der Waals surface area (Å²) in [5.74, 6) is -0.168. The van der Waals surface area contributed by atoms with Gasteiger partial charge in [0.05, 0.1) is 0 Å². The summed E-state index contributed by atoms with van der Waals surface area (Å²) in [5.41, 5.74) is 1.11. The Morgan fingerprint density at radius 1 is 1.12 bits per heavy atom. The van der Waals surface area contributed by atoms with Crippen LogP contribution >= 0.6 is 0 Å².